The van der Waals surface area contributed by atoms with Crippen LogP contribution in [0.2, 0.25) is 0 Å². The van der Waals surface area contributed by atoms with Gasteiger partial charge in [-0.3, -0.25) is 15.1 Å². The summed E-state index contributed by atoms with van der Waals surface area (Å²) in [6.45, 7) is 7.00. The van der Waals surface area contributed by atoms with Gasteiger partial charge in [-0.15, -0.1) is 4.59 Å². The molecule has 0 spiro atoms. The smallest absolute Gasteiger partial charge is 0.258 e. The zero-order chi connectivity index (χ0) is 35.9. The highest BCUT2D eigenvalue weighted by molar-refractivity contribution is 7.88. The molecular weight excluding hydrogens is 681 g/mol. The molecule has 0 amide bonds. The number of para-hydroxylation sites is 2. The van der Waals surface area contributed by atoms with E-state index in [1.54, 1.807) is 6.20 Å². The van der Waals surface area contributed by atoms with Gasteiger partial charge in [0.15, 0.2) is 11.4 Å². The average Bonchev–Trinajstić information content (AvgIpc) is 3.37. The number of piperidine rings is 2. The van der Waals surface area contributed by atoms with E-state index >= 15 is 0 Å². The van der Waals surface area contributed by atoms with Crippen molar-refractivity contribution in [2.24, 2.45) is 4.99 Å². The molecule has 1 unspecified atom stereocenters. The number of anilines is 1. The third-order valence-electron chi connectivity index (χ3n) is 11.1. The van der Waals surface area contributed by atoms with Crippen LogP contribution in [-0.2, 0) is 20.0 Å². The summed E-state index contributed by atoms with van der Waals surface area (Å²) in [6, 6.07) is 15.1. The Balaban J connectivity index is 1.62. The number of hydrogen-bond acceptors (Lipinski definition) is 10. The maximum atomic E-state index is 13.1. The van der Waals surface area contributed by atoms with Crippen molar-refractivity contribution in [1.29, 1.82) is 0 Å². The van der Waals surface area contributed by atoms with E-state index in [1.165, 1.54) is 27.3 Å². The molecule has 14 nitrogen and oxygen atoms in total. The highest BCUT2D eigenvalue weighted by atomic mass is 32.2. The Morgan fingerprint density at radius 1 is 0.800 bits per heavy atom. The summed E-state index contributed by atoms with van der Waals surface area (Å²) in [7, 11) is -6.99. The van der Waals surface area contributed by atoms with E-state index in [0.717, 1.165) is 16.6 Å². The molecule has 3 aliphatic heterocycles. The molecule has 0 saturated carbocycles. The largest absolute Gasteiger partial charge is 0.316 e. The summed E-state index contributed by atoms with van der Waals surface area (Å²) in [5.74, 6) is 0.649. The Hall–Kier alpha value is -4.09. The summed E-state index contributed by atoms with van der Waals surface area (Å²) in [6.07, 6.45) is 6.97. The molecule has 4 aromatic rings. The van der Waals surface area contributed by atoms with Crippen molar-refractivity contribution in [2.75, 3.05) is 43.7 Å². The van der Waals surface area contributed by atoms with Gasteiger partial charge in [0, 0.05) is 51.3 Å². The van der Waals surface area contributed by atoms with E-state index in [9.17, 15) is 26.9 Å². The first kappa shape index (κ1) is 34.4. The number of fused-ring (bicyclic) bond motifs is 4. The molecule has 50 heavy (non-hydrogen) atoms. The second-order valence-electron chi connectivity index (χ2n) is 14.2. The predicted octanol–water partition coefficient (Wildman–Crippen LogP) is 5.11. The van der Waals surface area contributed by atoms with Crippen LogP contribution in [0.1, 0.15) is 46.5 Å². The van der Waals surface area contributed by atoms with Gasteiger partial charge in [-0.2, -0.15) is 10.0 Å². The molecule has 0 bridgehead atoms. The first-order chi connectivity index (χ1) is 23.5. The fourth-order valence-corrected chi connectivity index (χ4v) is 10.2. The van der Waals surface area contributed by atoms with Gasteiger partial charge in [-0.05, 0) is 44.9 Å². The molecule has 2 fully saturated rings. The Morgan fingerprint density at radius 3 is 1.86 bits per heavy atom. The lowest BCUT2D eigenvalue weighted by Gasteiger charge is -2.61. The first-order valence-corrected chi connectivity index (χ1v) is 20.3. The SMILES string of the molecule is CC1=Nc2cnc3ccccc3c2[N+]1(N(c1c([N+](=O)[O-])cnc2ccccc12)C1(C)CCN(S(C)(=O)=O)CC1)C1(C)CCN(S(C)(=O)=O)CC1. The number of quaternary nitrogens is 1. The zero-order valence-electron chi connectivity index (χ0n) is 28.8. The maximum Gasteiger partial charge on any atom is 0.316 e. The van der Waals surface area contributed by atoms with Crippen molar-refractivity contribution in [3.63, 3.8) is 0 Å². The molecular formula is C34H41N8O6S2+. The minimum absolute atomic E-state index is 0.0623. The molecule has 1 atom stereocenters. The second kappa shape index (κ2) is 11.7. The van der Waals surface area contributed by atoms with E-state index in [2.05, 4.69) is 23.8 Å². The van der Waals surface area contributed by atoms with E-state index in [-0.39, 0.29) is 36.5 Å². The van der Waals surface area contributed by atoms with Crippen LogP contribution in [0.15, 0.2) is 65.9 Å². The Bertz CT molecular complexity index is 2300. The molecule has 0 aliphatic carbocycles. The third kappa shape index (κ3) is 5.18. The van der Waals surface area contributed by atoms with Gasteiger partial charge in [0.05, 0.1) is 45.6 Å². The van der Waals surface area contributed by atoms with Gasteiger partial charge >= 0.3 is 5.69 Å². The van der Waals surface area contributed by atoms with Crippen LogP contribution in [0.25, 0.3) is 21.8 Å². The number of benzene rings is 2. The maximum absolute atomic E-state index is 13.1. The monoisotopic (exact) mass is 721 g/mol. The minimum atomic E-state index is -3.50. The number of nitrogens with zero attached hydrogens (tertiary/aromatic N) is 8. The van der Waals surface area contributed by atoms with Crippen LogP contribution in [0, 0.1) is 10.1 Å². The molecule has 5 heterocycles. The van der Waals surface area contributed by atoms with Crippen molar-refractivity contribution in [2.45, 2.75) is 57.5 Å². The van der Waals surface area contributed by atoms with Crippen LogP contribution in [-0.4, -0.2) is 95.9 Å². The number of hydrogen-bond donors (Lipinski definition) is 0. The summed E-state index contributed by atoms with van der Waals surface area (Å²) >= 11 is 0. The lowest BCUT2D eigenvalue weighted by atomic mass is 9.83. The topological polar surface area (TPSA) is 159 Å². The number of aliphatic imine (C=N–C) groups is 1. The number of nitro groups is 1. The van der Waals surface area contributed by atoms with Gasteiger partial charge in [-0.1, -0.05) is 30.3 Å². The highest BCUT2D eigenvalue weighted by Crippen LogP contribution is 2.58. The number of aromatic nitrogens is 2. The first-order valence-electron chi connectivity index (χ1n) is 16.6. The van der Waals surface area contributed by atoms with Gasteiger partial charge in [0.2, 0.25) is 31.6 Å². The molecule has 2 aromatic heterocycles. The van der Waals surface area contributed by atoms with E-state index in [1.807, 2.05) is 55.5 Å². The summed E-state index contributed by atoms with van der Waals surface area (Å²) < 4.78 is 54.1. The van der Waals surface area contributed by atoms with Crippen molar-refractivity contribution in [3.05, 3.63) is 71.0 Å². The quantitative estimate of drug-likeness (QED) is 0.144. The number of pyridine rings is 2. The molecule has 2 saturated heterocycles. The van der Waals surface area contributed by atoms with Gasteiger partial charge in [0.1, 0.15) is 11.7 Å². The molecule has 0 N–H and O–H groups in total. The predicted molar refractivity (Wildman–Crippen MR) is 195 cm³/mol. The molecule has 264 valence electrons. The normalized spacial score (nSPS) is 22.7. The fraction of sp³-hybridized carbons (Fsp3) is 0.441. The van der Waals surface area contributed by atoms with Crippen LogP contribution in [0.5, 0.6) is 0 Å². The third-order valence-corrected chi connectivity index (χ3v) is 13.7. The number of sulfonamides is 2. The van der Waals surface area contributed by atoms with E-state index in [0.29, 0.717) is 53.8 Å². The van der Waals surface area contributed by atoms with Gasteiger partial charge in [-0.25, -0.2) is 30.4 Å². The highest BCUT2D eigenvalue weighted by Gasteiger charge is 2.66. The summed E-state index contributed by atoms with van der Waals surface area (Å²) in [4.78, 5) is 27.2. The lowest BCUT2D eigenvalue weighted by Crippen LogP contribution is -2.81. The average molecular weight is 722 g/mol. The Labute approximate surface area is 291 Å². The summed E-state index contributed by atoms with van der Waals surface area (Å²) in [5.41, 5.74) is 1.20. The number of rotatable bonds is 7. The molecule has 7 rings (SSSR count). The van der Waals surface area contributed by atoms with Crippen LogP contribution in [0.3, 0.4) is 0 Å². The Morgan fingerprint density at radius 2 is 1.30 bits per heavy atom. The van der Waals surface area contributed by atoms with Crippen LogP contribution in [0.4, 0.5) is 22.7 Å². The van der Waals surface area contributed by atoms with E-state index in [4.69, 9.17) is 9.98 Å². The van der Waals surface area contributed by atoms with Crippen LogP contribution >= 0.6 is 0 Å². The molecule has 3 aliphatic rings. The molecule has 0 radical (unpaired) electrons. The van der Waals surface area contributed by atoms with Crippen molar-refractivity contribution in [3.8, 4) is 0 Å². The Kier molecular flexibility index (Phi) is 8.06. The van der Waals surface area contributed by atoms with Gasteiger partial charge < -0.3 is 0 Å². The standard InChI is InChI=1S/C34H41N8O6S2/c1-24-37-29-22-35-28-13-9-7-11-26(28)32(29)42(24,34(3)16-20-39(21-17-34)50(5,47)48)40(33(2)14-18-38(19-15-33)49(4,45)46)31-25-10-6-8-12-27(25)36-23-30(31)41(43)44/h6-13,22-23H,14-21H2,1-5H3/q+1. The second-order valence-corrected chi connectivity index (χ2v) is 18.2. The van der Waals surface area contributed by atoms with Gasteiger partial charge in [0.25, 0.3) is 0 Å². The summed E-state index contributed by atoms with van der Waals surface area (Å²) in [5, 5.41) is 16.7. The zero-order valence-corrected chi connectivity index (χ0v) is 30.4. The van der Waals surface area contributed by atoms with Crippen molar-refractivity contribution < 1.29 is 21.8 Å². The minimum Gasteiger partial charge on any atom is -0.258 e. The lowest BCUT2D eigenvalue weighted by molar-refractivity contribution is -0.384. The number of amidine groups is 1. The fourth-order valence-electron chi connectivity index (χ4n) is 8.48. The van der Waals surface area contributed by atoms with Crippen molar-refractivity contribution in [1.82, 2.24) is 23.2 Å². The van der Waals surface area contributed by atoms with E-state index < -0.39 is 36.0 Å². The molecule has 16 heteroatoms. The van der Waals surface area contributed by atoms with Crippen molar-refractivity contribution >= 4 is 70.4 Å². The molecule has 2 aromatic carbocycles. The van der Waals surface area contributed by atoms with Crippen LogP contribution < -0.4 is 9.60 Å².